The fraction of sp³-hybridized carbons (Fsp3) is 0.750. The van der Waals surface area contributed by atoms with E-state index in [-0.39, 0.29) is 0 Å². The topological polar surface area (TPSA) is 0 Å². The van der Waals surface area contributed by atoms with Gasteiger partial charge in [-0.25, -0.2) is 0 Å². The number of hydrogen-bond donors (Lipinski definition) is 0. The zero-order valence-corrected chi connectivity index (χ0v) is 17.1. The highest BCUT2D eigenvalue weighted by atomic mass is 79.9. The summed E-state index contributed by atoms with van der Waals surface area (Å²) in [5, 5.41) is 0. The van der Waals surface area contributed by atoms with E-state index in [1.807, 2.05) is 0 Å². The van der Waals surface area contributed by atoms with Gasteiger partial charge in [-0.2, -0.15) is 0 Å². The molecular weight excluding hydrogens is 368 g/mol. The number of hydrogen-bond acceptors (Lipinski definition) is 0. The molecule has 0 nitrogen and oxygen atoms in total. The molecule has 25 heavy (non-hydrogen) atoms. The number of rotatable bonds is 2. The minimum Gasteiger partial charge on any atom is -0.0609 e. The van der Waals surface area contributed by atoms with E-state index in [9.17, 15) is 0 Å². The summed E-state index contributed by atoms with van der Waals surface area (Å²) in [6.07, 6.45) is 16.8. The van der Waals surface area contributed by atoms with Crippen molar-refractivity contribution in [3.8, 4) is 0 Å². The summed E-state index contributed by atoms with van der Waals surface area (Å²) in [6.45, 7) is 0. The van der Waals surface area contributed by atoms with Crippen LogP contribution in [0.3, 0.4) is 0 Å². The largest absolute Gasteiger partial charge is 0.0609 e. The van der Waals surface area contributed by atoms with Crippen molar-refractivity contribution in [1.82, 2.24) is 0 Å². The average molecular weight is 401 g/mol. The van der Waals surface area contributed by atoms with Crippen LogP contribution in [0, 0.1) is 41.4 Å². The second kappa shape index (κ2) is 7.02. The number of halogens is 1. The van der Waals surface area contributed by atoms with E-state index in [0.717, 1.165) is 41.4 Å². The van der Waals surface area contributed by atoms with Gasteiger partial charge in [-0.3, -0.25) is 0 Å². The van der Waals surface area contributed by atoms with Gasteiger partial charge in [-0.05, 0) is 110 Å². The van der Waals surface area contributed by atoms with Crippen LogP contribution in [0.15, 0.2) is 28.7 Å². The van der Waals surface area contributed by atoms with Crippen molar-refractivity contribution in [2.45, 2.75) is 70.6 Å². The van der Waals surface area contributed by atoms with Crippen molar-refractivity contribution in [3.63, 3.8) is 0 Å². The van der Waals surface area contributed by atoms with Gasteiger partial charge in [0.1, 0.15) is 0 Å². The highest BCUT2D eigenvalue weighted by molar-refractivity contribution is 9.10. The monoisotopic (exact) mass is 400 g/mol. The summed E-state index contributed by atoms with van der Waals surface area (Å²) >= 11 is 3.66. The molecule has 136 valence electrons. The van der Waals surface area contributed by atoms with Gasteiger partial charge >= 0.3 is 0 Å². The molecule has 0 radical (unpaired) electrons. The molecule has 4 fully saturated rings. The summed E-state index contributed by atoms with van der Waals surface area (Å²) in [5.41, 5.74) is 1.55. The smallest absolute Gasteiger partial charge is 0.0177 e. The Labute approximate surface area is 162 Å². The first-order valence-electron chi connectivity index (χ1n) is 11.0. The van der Waals surface area contributed by atoms with Gasteiger partial charge in [-0.15, -0.1) is 0 Å². The molecule has 1 aromatic carbocycles. The predicted molar refractivity (Wildman–Crippen MR) is 108 cm³/mol. The molecule has 4 aliphatic rings. The van der Waals surface area contributed by atoms with Crippen LogP contribution >= 0.6 is 15.9 Å². The lowest BCUT2D eigenvalue weighted by Gasteiger charge is -2.52. The zero-order chi connectivity index (χ0) is 16.8. The molecule has 1 heteroatoms. The van der Waals surface area contributed by atoms with Gasteiger partial charge in [-0.1, -0.05) is 47.3 Å². The second-order valence-electron chi connectivity index (χ2n) is 9.69. The third-order valence-corrected chi connectivity index (χ3v) is 9.23. The molecule has 4 saturated carbocycles. The van der Waals surface area contributed by atoms with E-state index in [2.05, 4.69) is 40.2 Å². The van der Waals surface area contributed by atoms with Crippen LogP contribution in [-0.4, -0.2) is 0 Å². The highest BCUT2D eigenvalue weighted by Crippen LogP contribution is 2.59. The lowest BCUT2D eigenvalue weighted by atomic mass is 9.53. The summed E-state index contributed by atoms with van der Waals surface area (Å²) < 4.78 is 1.25. The maximum absolute atomic E-state index is 3.66. The molecule has 5 rings (SSSR count). The normalized spacial score (nSPS) is 43.2. The van der Waals surface area contributed by atoms with Crippen molar-refractivity contribution in [2.24, 2.45) is 41.4 Å². The summed E-state index contributed by atoms with van der Waals surface area (Å²) in [5.74, 6) is 7.54. The maximum Gasteiger partial charge on any atom is 0.0177 e. The van der Waals surface area contributed by atoms with E-state index >= 15 is 0 Å². The Morgan fingerprint density at radius 3 is 2.36 bits per heavy atom. The van der Waals surface area contributed by atoms with E-state index < -0.39 is 0 Å². The minimum atomic E-state index is 0.962. The molecule has 0 bridgehead atoms. The Kier molecular flexibility index (Phi) is 4.73. The Morgan fingerprint density at radius 2 is 1.44 bits per heavy atom. The molecule has 1 aromatic rings. The molecule has 7 atom stereocenters. The maximum atomic E-state index is 3.66. The number of fused-ring (bicyclic) bond motifs is 5. The van der Waals surface area contributed by atoms with Crippen LogP contribution in [0.4, 0.5) is 0 Å². The van der Waals surface area contributed by atoms with Gasteiger partial charge in [0.2, 0.25) is 0 Å². The van der Waals surface area contributed by atoms with Crippen LogP contribution in [0.1, 0.15) is 69.8 Å². The minimum absolute atomic E-state index is 0.962. The Bertz CT molecular complexity index is 608. The lowest BCUT2D eigenvalue weighted by Crippen LogP contribution is -2.44. The molecule has 4 aliphatic carbocycles. The quantitative estimate of drug-likeness (QED) is 0.489. The first kappa shape index (κ1) is 16.8. The standard InChI is InChI=1S/C24H33Br/c25-19-6-3-4-16(15-19)14-18-9-11-22-21(18)12-13-23-20-7-2-1-5-17(20)8-10-24(22)23/h3-4,6,15,17-18,20-24H,1-2,5,7-14H2. The molecule has 0 aliphatic heterocycles. The van der Waals surface area contributed by atoms with Crippen LogP contribution < -0.4 is 0 Å². The van der Waals surface area contributed by atoms with Crippen LogP contribution in [0.5, 0.6) is 0 Å². The molecule has 0 aromatic heterocycles. The summed E-state index contributed by atoms with van der Waals surface area (Å²) in [7, 11) is 0. The highest BCUT2D eigenvalue weighted by Gasteiger charge is 2.50. The van der Waals surface area contributed by atoms with Crippen molar-refractivity contribution in [3.05, 3.63) is 34.3 Å². The zero-order valence-electron chi connectivity index (χ0n) is 15.5. The third-order valence-electron chi connectivity index (χ3n) is 8.73. The van der Waals surface area contributed by atoms with Gasteiger partial charge in [0, 0.05) is 4.47 Å². The van der Waals surface area contributed by atoms with Crippen molar-refractivity contribution < 1.29 is 0 Å². The first-order chi connectivity index (χ1) is 12.3. The molecule has 0 spiro atoms. The SMILES string of the molecule is Brc1cccc(CC2CCC3C2CCC2C4CCCCC4CCC23)c1. The van der Waals surface area contributed by atoms with E-state index in [0.29, 0.717) is 0 Å². The average Bonchev–Trinajstić information content (AvgIpc) is 3.04. The Balaban J connectivity index is 1.30. The van der Waals surface area contributed by atoms with Crippen LogP contribution in [0.25, 0.3) is 0 Å². The molecule has 0 heterocycles. The molecule has 7 unspecified atom stereocenters. The fourth-order valence-electron chi connectivity index (χ4n) is 7.83. The fourth-order valence-corrected chi connectivity index (χ4v) is 8.27. The Hall–Kier alpha value is -0.300. The van der Waals surface area contributed by atoms with E-state index in [1.165, 1.54) is 30.2 Å². The van der Waals surface area contributed by atoms with E-state index in [4.69, 9.17) is 0 Å². The summed E-state index contributed by atoms with van der Waals surface area (Å²) in [6, 6.07) is 9.07. The predicted octanol–water partition coefficient (Wildman–Crippen LogP) is 7.26. The summed E-state index contributed by atoms with van der Waals surface area (Å²) in [4.78, 5) is 0. The lowest BCUT2D eigenvalue weighted by molar-refractivity contribution is -0.0244. The van der Waals surface area contributed by atoms with Crippen LogP contribution in [-0.2, 0) is 6.42 Å². The molecule has 0 saturated heterocycles. The van der Waals surface area contributed by atoms with E-state index in [1.54, 1.807) is 50.5 Å². The molecular formula is C24H33Br. The van der Waals surface area contributed by atoms with Gasteiger partial charge in [0.25, 0.3) is 0 Å². The third kappa shape index (κ3) is 3.13. The van der Waals surface area contributed by atoms with Crippen molar-refractivity contribution >= 4 is 15.9 Å². The first-order valence-corrected chi connectivity index (χ1v) is 11.8. The van der Waals surface area contributed by atoms with Crippen molar-refractivity contribution in [1.29, 1.82) is 0 Å². The second-order valence-corrected chi connectivity index (χ2v) is 10.6. The van der Waals surface area contributed by atoms with Crippen LogP contribution in [0.2, 0.25) is 0 Å². The van der Waals surface area contributed by atoms with Gasteiger partial charge < -0.3 is 0 Å². The van der Waals surface area contributed by atoms with Gasteiger partial charge in [0.05, 0.1) is 0 Å². The van der Waals surface area contributed by atoms with Crippen molar-refractivity contribution in [2.75, 3.05) is 0 Å². The molecule has 0 amide bonds. The van der Waals surface area contributed by atoms with Gasteiger partial charge in [0.15, 0.2) is 0 Å². The number of benzene rings is 1. The molecule has 0 N–H and O–H groups in total. The Morgan fingerprint density at radius 1 is 0.720 bits per heavy atom.